The monoisotopic (exact) mass is 661 g/mol. The van der Waals surface area contributed by atoms with Crippen LogP contribution in [0.1, 0.15) is 45.5 Å². The molecule has 228 valence electrons. The minimum atomic E-state index is -5.35. The van der Waals surface area contributed by atoms with Gasteiger partial charge in [0.2, 0.25) is 0 Å². The first-order valence-corrected chi connectivity index (χ1v) is 13.7. The van der Waals surface area contributed by atoms with E-state index in [2.05, 4.69) is 0 Å². The molecule has 2 aromatic rings. The van der Waals surface area contributed by atoms with E-state index in [4.69, 9.17) is 23.2 Å². The summed E-state index contributed by atoms with van der Waals surface area (Å²) in [6.45, 7) is 2.26. The number of hydrogen-bond donors (Lipinski definition) is 1. The highest BCUT2D eigenvalue weighted by Gasteiger charge is 2.41. The first-order valence-electron chi connectivity index (χ1n) is 11.1. The van der Waals surface area contributed by atoms with Crippen molar-refractivity contribution in [3.05, 3.63) is 74.3 Å². The quantitative estimate of drug-likeness (QED) is 0.291. The molecule has 0 bridgehead atoms. The Morgan fingerprint density at radius 1 is 1.00 bits per heavy atom. The highest BCUT2D eigenvalue weighted by molar-refractivity contribution is 7.91. The zero-order chi connectivity index (χ0) is 31.7. The molecule has 4 nitrogen and oxygen atoms in total. The van der Waals surface area contributed by atoms with Gasteiger partial charge in [0.1, 0.15) is 17.5 Å². The smallest absolute Gasteiger partial charge is 0.349 e. The van der Waals surface area contributed by atoms with E-state index >= 15 is 0 Å². The van der Waals surface area contributed by atoms with E-state index in [1.165, 1.54) is 6.92 Å². The summed E-state index contributed by atoms with van der Waals surface area (Å²) in [5.74, 6) is -9.45. The van der Waals surface area contributed by atoms with Crippen molar-refractivity contribution in [2.45, 2.75) is 44.3 Å². The number of carbonyl (C=O) groups excluding carboxylic acids is 1. The third-order valence-corrected chi connectivity index (χ3v) is 8.04. The lowest BCUT2D eigenvalue weighted by Crippen LogP contribution is -2.40. The largest absolute Gasteiger partial charge is 0.417 e. The molecule has 2 rings (SSSR count). The van der Waals surface area contributed by atoms with Crippen molar-refractivity contribution in [3.63, 3.8) is 0 Å². The molecule has 0 aliphatic heterocycles. The predicted octanol–water partition coefficient (Wildman–Crippen LogP) is 8.07. The van der Waals surface area contributed by atoms with E-state index in [0.29, 0.717) is 12.1 Å². The number of halogens is 12. The fourth-order valence-electron chi connectivity index (χ4n) is 3.71. The lowest BCUT2D eigenvalue weighted by molar-refractivity contribution is -0.140. The summed E-state index contributed by atoms with van der Waals surface area (Å²) in [4.78, 5) is 12.5. The van der Waals surface area contributed by atoms with Crippen LogP contribution < -0.4 is 5.32 Å². The Balaban J connectivity index is 2.46. The predicted molar refractivity (Wildman–Crippen MR) is 132 cm³/mol. The summed E-state index contributed by atoms with van der Waals surface area (Å²) in [6, 6.07) is 1.30. The number of alkyl halides is 9. The molecule has 2 unspecified atom stereocenters. The van der Waals surface area contributed by atoms with Crippen LogP contribution in [0.3, 0.4) is 0 Å². The van der Waals surface area contributed by atoms with Crippen molar-refractivity contribution >= 4 is 44.8 Å². The van der Waals surface area contributed by atoms with Gasteiger partial charge in [-0.05, 0) is 49.2 Å². The highest BCUT2D eigenvalue weighted by Crippen LogP contribution is 2.42. The third-order valence-electron chi connectivity index (χ3n) is 5.37. The maximum absolute atomic E-state index is 15.0. The van der Waals surface area contributed by atoms with Crippen molar-refractivity contribution in [3.8, 4) is 0 Å². The van der Waals surface area contributed by atoms with E-state index in [1.807, 2.05) is 5.32 Å². The van der Waals surface area contributed by atoms with Crippen LogP contribution in [0.2, 0.25) is 10.0 Å². The van der Waals surface area contributed by atoms with Gasteiger partial charge in [-0.3, -0.25) is 4.79 Å². The zero-order valence-corrected chi connectivity index (χ0v) is 23.0. The third kappa shape index (κ3) is 9.77. The van der Waals surface area contributed by atoms with Gasteiger partial charge in [0, 0.05) is 11.6 Å². The van der Waals surface area contributed by atoms with Crippen LogP contribution in [-0.2, 0) is 16.0 Å². The summed E-state index contributed by atoms with van der Waals surface area (Å²) in [5.41, 5.74) is -4.40. The van der Waals surface area contributed by atoms with Crippen molar-refractivity contribution in [1.29, 1.82) is 0 Å². The number of amides is 1. The molecule has 2 aromatic carbocycles. The fraction of sp³-hybridized carbons (Fsp3) is 0.375. The van der Waals surface area contributed by atoms with Gasteiger partial charge in [0.25, 0.3) is 5.91 Å². The molecule has 0 radical (unpaired) electrons. The molecule has 0 saturated heterocycles. The average Bonchev–Trinajstić information content (AvgIpc) is 2.76. The van der Waals surface area contributed by atoms with Gasteiger partial charge in [0.05, 0.1) is 26.9 Å². The summed E-state index contributed by atoms with van der Waals surface area (Å²) in [6.07, 6.45) is -15.5. The van der Waals surface area contributed by atoms with Gasteiger partial charge in [-0.15, -0.1) is 0 Å². The van der Waals surface area contributed by atoms with Crippen LogP contribution in [0.15, 0.2) is 36.4 Å². The molecule has 0 fully saturated rings. The van der Waals surface area contributed by atoms with Crippen molar-refractivity contribution in [2.24, 2.45) is 0 Å². The summed E-state index contributed by atoms with van der Waals surface area (Å²) in [5, 5.41) is 1.49. The second-order valence-corrected chi connectivity index (χ2v) is 11.9. The summed E-state index contributed by atoms with van der Waals surface area (Å²) >= 11 is 11.7. The first-order chi connectivity index (χ1) is 18.4. The van der Waals surface area contributed by atoms with Gasteiger partial charge < -0.3 is 5.32 Å². The van der Waals surface area contributed by atoms with Gasteiger partial charge in [-0.2, -0.15) is 39.5 Å². The molecular weight excluding hydrogens is 643 g/mol. The standard InChI is InChI=1S/C24H19Cl2F10NO3S/c1-11-5-14(7-18(25)20(11)26)16(23(31,32)33)8-19(27)13-3-4-15(17(6-13)24(34,35)36)21(38)37-12(2)9-41(39,40)10-22(28,29)30/h3-8,12,16H,9-10H2,1-2H3,(H,37,38)/b19-8-. The molecule has 2 atom stereocenters. The number of rotatable bonds is 8. The summed E-state index contributed by atoms with van der Waals surface area (Å²) < 4.78 is 158. The van der Waals surface area contributed by atoms with Crippen LogP contribution in [-0.4, -0.2) is 44.2 Å². The molecular formula is C24H19Cl2F10NO3S. The summed E-state index contributed by atoms with van der Waals surface area (Å²) in [7, 11) is -4.80. The molecule has 0 saturated carbocycles. The lowest BCUT2D eigenvalue weighted by Gasteiger charge is -2.20. The topological polar surface area (TPSA) is 63.2 Å². The number of allylic oxidation sites excluding steroid dienone is 1. The normalized spacial score (nSPS) is 15.0. The number of hydrogen-bond acceptors (Lipinski definition) is 3. The van der Waals surface area contributed by atoms with Crippen molar-refractivity contribution in [1.82, 2.24) is 5.32 Å². The number of nitrogens with one attached hydrogen (secondary N) is 1. The van der Waals surface area contributed by atoms with E-state index in [1.54, 1.807) is 0 Å². The van der Waals surface area contributed by atoms with Crippen LogP contribution in [0.4, 0.5) is 43.9 Å². The van der Waals surface area contributed by atoms with Crippen molar-refractivity contribution < 1.29 is 57.1 Å². The molecule has 0 aliphatic rings. The SMILES string of the molecule is Cc1cc(C(/C=C(\F)c2ccc(C(=O)NC(C)CS(=O)(=O)CC(F)(F)F)c(C(F)(F)F)c2)C(F)(F)F)cc(Cl)c1Cl. The number of carbonyl (C=O) groups is 1. The number of benzene rings is 2. The Kier molecular flexibility index (Phi) is 10.5. The van der Waals surface area contributed by atoms with E-state index in [-0.39, 0.29) is 27.8 Å². The van der Waals surface area contributed by atoms with Gasteiger partial charge in [-0.1, -0.05) is 35.3 Å². The number of aryl methyl sites for hydroxylation is 1. The van der Waals surface area contributed by atoms with Crippen LogP contribution in [0.25, 0.3) is 5.83 Å². The molecule has 17 heteroatoms. The molecule has 0 aromatic heterocycles. The Hall–Kier alpha value is -2.52. The Bertz CT molecular complexity index is 1410. The molecule has 0 spiro atoms. The molecule has 0 heterocycles. The first kappa shape index (κ1) is 34.7. The van der Waals surface area contributed by atoms with Crippen LogP contribution in [0.5, 0.6) is 0 Å². The Morgan fingerprint density at radius 3 is 2.07 bits per heavy atom. The van der Waals surface area contributed by atoms with Gasteiger partial charge >= 0.3 is 18.5 Å². The average molecular weight is 662 g/mol. The van der Waals surface area contributed by atoms with Crippen LogP contribution in [0, 0.1) is 6.92 Å². The van der Waals surface area contributed by atoms with E-state index in [0.717, 1.165) is 19.1 Å². The zero-order valence-electron chi connectivity index (χ0n) is 20.7. The highest BCUT2D eigenvalue weighted by atomic mass is 35.5. The van der Waals surface area contributed by atoms with E-state index < -0.39 is 85.8 Å². The Morgan fingerprint density at radius 2 is 1.59 bits per heavy atom. The minimum absolute atomic E-state index is 0.0157. The molecule has 1 amide bonds. The Labute approximate surface area is 237 Å². The fourth-order valence-corrected chi connectivity index (χ4v) is 5.56. The number of sulfone groups is 1. The second-order valence-electron chi connectivity index (χ2n) is 8.97. The van der Waals surface area contributed by atoms with Crippen LogP contribution >= 0.6 is 23.2 Å². The van der Waals surface area contributed by atoms with Gasteiger partial charge in [-0.25, -0.2) is 12.8 Å². The molecule has 0 aliphatic carbocycles. The van der Waals surface area contributed by atoms with Crippen molar-refractivity contribution in [2.75, 3.05) is 11.5 Å². The maximum Gasteiger partial charge on any atom is 0.417 e. The van der Waals surface area contributed by atoms with Gasteiger partial charge in [0.15, 0.2) is 9.84 Å². The molecule has 1 N–H and O–H groups in total. The maximum atomic E-state index is 15.0. The minimum Gasteiger partial charge on any atom is -0.349 e. The second kappa shape index (κ2) is 12.4. The van der Waals surface area contributed by atoms with E-state index in [9.17, 15) is 57.1 Å². The lowest BCUT2D eigenvalue weighted by atomic mass is 9.94. The molecule has 41 heavy (non-hydrogen) atoms.